The normalized spacial score (nSPS) is 14.6. The van der Waals surface area contributed by atoms with Crippen LogP contribution in [0.4, 0.5) is 0 Å². The lowest BCUT2D eigenvalue weighted by molar-refractivity contribution is -0.151. The summed E-state index contributed by atoms with van der Waals surface area (Å²) in [5, 5.41) is 9.37. The van der Waals surface area contributed by atoms with E-state index in [0.717, 1.165) is 12.1 Å². The van der Waals surface area contributed by atoms with E-state index < -0.39 is 11.5 Å². The Hall–Kier alpha value is -1.35. The van der Waals surface area contributed by atoms with Crippen molar-refractivity contribution in [3.63, 3.8) is 0 Å². The largest absolute Gasteiger partial charge is 0.480 e. The number of benzene rings is 1. The van der Waals surface area contributed by atoms with Crippen molar-refractivity contribution in [3.8, 4) is 0 Å². The number of nitrogens with zero attached hydrogens (tertiary/aromatic N) is 1. The van der Waals surface area contributed by atoms with E-state index in [1.807, 2.05) is 49.1 Å². The summed E-state index contributed by atoms with van der Waals surface area (Å²) in [5.41, 5.74) is 0.361. The second-order valence-electron chi connectivity index (χ2n) is 4.43. The average molecular weight is 235 g/mol. The Labute approximate surface area is 103 Å². The zero-order chi connectivity index (χ0) is 12.9. The van der Waals surface area contributed by atoms with Gasteiger partial charge in [0, 0.05) is 6.54 Å². The predicted octanol–water partition coefficient (Wildman–Crippen LogP) is 2.76. The van der Waals surface area contributed by atoms with Crippen LogP contribution in [0.5, 0.6) is 0 Å². The van der Waals surface area contributed by atoms with Crippen molar-refractivity contribution in [2.45, 2.75) is 39.3 Å². The maximum absolute atomic E-state index is 11.4. The Kier molecular flexibility index (Phi) is 4.70. The molecule has 3 nitrogen and oxygen atoms in total. The first kappa shape index (κ1) is 13.7. The van der Waals surface area contributed by atoms with Crippen LogP contribution in [0.2, 0.25) is 0 Å². The molecule has 0 saturated carbocycles. The molecule has 0 aliphatic rings. The van der Waals surface area contributed by atoms with Crippen LogP contribution in [0.15, 0.2) is 30.3 Å². The van der Waals surface area contributed by atoms with Gasteiger partial charge in [0.25, 0.3) is 0 Å². The van der Waals surface area contributed by atoms with Gasteiger partial charge in [0.05, 0.1) is 0 Å². The molecule has 1 aromatic carbocycles. The molecular weight excluding hydrogens is 214 g/mol. The molecule has 0 spiro atoms. The first-order chi connectivity index (χ1) is 8.04. The number of rotatable bonds is 6. The summed E-state index contributed by atoms with van der Waals surface area (Å²) in [7, 11) is 0. The first-order valence-corrected chi connectivity index (χ1v) is 6.07. The van der Waals surface area contributed by atoms with Gasteiger partial charge in [0.2, 0.25) is 0 Å². The molecule has 0 aliphatic carbocycles. The van der Waals surface area contributed by atoms with Crippen LogP contribution >= 0.6 is 0 Å². The van der Waals surface area contributed by atoms with Gasteiger partial charge in [0.15, 0.2) is 0 Å². The van der Waals surface area contributed by atoms with Gasteiger partial charge in [-0.05, 0) is 25.5 Å². The Morgan fingerprint density at radius 1 is 1.29 bits per heavy atom. The predicted molar refractivity (Wildman–Crippen MR) is 68.9 cm³/mol. The standard InChI is InChI=1S/C14H21NO2/c1-4-14(3,13(16)17)15(5-2)11-12-9-7-6-8-10-12/h6-10H,4-5,11H2,1-3H3,(H,16,17). The quantitative estimate of drug-likeness (QED) is 0.824. The highest BCUT2D eigenvalue weighted by atomic mass is 16.4. The molecular formula is C14H21NO2. The molecule has 0 heterocycles. The second-order valence-corrected chi connectivity index (χ2v) is 4.43. The molecule has 1 atom stereocenters. The van der Waals surface area contributed by atoms with Crippen LogP contribution in [0.3, 0.4) is 0 Å². The Morgan fingerprint density at radius 3 is 2.29 bits per heavy atom. The van der Waals surface area contributed by atoms with Crippen molar-refractivity contribution in [1.29, 1.82) is 0 Å². The number of hydrogen-bond donors (Lipinski definition) is 1. The summed E-state index contributed by atoms with van der Waals surface area (Å²) in [5.74, 6) is -0.752. The minimum atomic E-state index is -0.787. The molecule has 0 bridgehead atoms. The minimum absolute atomic E-state index is 0.600. The summed E-state index contributed by atoms with van der Waals surface area (Å²) >= 11 is 0. The third-order valence-corrected chi connectivity index (χ3v) is 3.45. The smallest absolute Gasteiger partial charge is 0.323 e. The van der Waals surface area contributed by atoms with Crippen molar-refractivity contribution in [3.05, 3.63) is 35.9 Å². The molecule has 94 valence electrons. The monoisotopic (exact) mass is 235 g/mol. The van der Waals surface area contributed by atoms with Gasteiger partial charge < -0.3 is 5.11 Å². The molecule has 1 unspecified atom stereocenters. The van der Waals surface area contributed by atoms with Gasteiger partial charge in [-0.1, -0.05) is 44.2 Å². The van der Waals surface area contributed by atoms with E-state index in [1.165, 1.54) is 0 Å². The van der Waals surface area contributed by atoms with E-state index in [2.05, 4.69) is 0 Å². The van der Waals surface area contributed by atoms with Gasteiger partial charge in [0.1, 0.15) is 5.54 Å². The second kappa shape index (κ2) is 5.82. The number of hydrogen-bond acceptors (Lipinski definition) is 2. The maximum atomic E-state index is 11.4. The highest BCUT2D eigenvalue weighted by molar-refractivity contribution is 5.78. The van der Waals surface area contributed by atoms with Crippen LogP contribution in [0, 0.1) is 0 Å². The fraction of sp³-hybridized carbons (Fsp3) is 0.500. The first-order valence-electron chi connectivity index (χ1n) is 6.07. The van der Waals surface area contributed by atoms with E-state index in [-0.39, 0.29) is 0 Å². The number of likely N-dealkylation sites (N-methyl/N-ethyl adjacent to an activating group) is 1. The van der Waals surface area contributed by atoms with Crippen LogP contribution in [-0.2, 0) is 11.3 Å². The molecule has 0 saturated heterocycles. The van der Waals surface area contributed by atoms with Gasteiger partial charge in [-0.2, -0.15) is 0 Å². The molecule has 17 heavy (non-hydrogen) atoms. The third-order valence-electron chi connectivity index (χ3n) is 3.45. The van der Waals surface area contributed by atoms with Crippen LogP contribution in [0.25, 0.3) is 0 Å². The van der Waals surface area contributed by atoms with E-state index in [1.54, 1.807) is 6.92 Å². The van der Waals surface area contributed by atoms with Gasteiger partial charge in [-0.25, -0.2) is 0 Å². The molecule has 0 aromatic heterocycles. The molecule has 1 N–H and O–H groups in total. The van der Waals surface area contributed by atoms with Crippen molar-refractivity contribution in [2.24, 2.45) is 0 Å². The number of carboxylic acids is 1. The Balaban J connectivity index is 2.88. The van der Waals surface area contributed by atoms with Gasteiger partial charge >= 0.3 is 5.97 Å². The van der Waals surface area contributed by atoms with E-state index in [4.69, 9.17) is 0 Å². The number of carbonyl (C=O) groups is 1. The lowest BCUT2D eigenvalue weighted by Gasteiger charge is -2.36. The fourth-order valence-corrected chi connectivity index (χ4v) is 1.95. The number of carboxylic acid groups (broad SMARTS) is 1. The topological polar surface area (TPSA) is 40.5 Å². The zero-order valence-electron chi connectivity index (χ0n) is 10.8. The lowest BCUT2D eigenvalue weighted by Crippen LogP contribution is -2.51. The van der Waals surface area contributed by atoms with E-state index in [9.17, 15) is 9.90 Å². The van der Waals surface area contributed by atoms with Gasteiger partial charge in [-0.3, -0.25) is 9.69 Å². The fourth-order valence-electron chi connectivity index (χ4n) is 1.95. The average Bonchev–Trinajstić information content (AvgIpc) is 2.36. The third kappa shape index (κ3) is 3.07. The van der Waals surface area contributed by atoms with Crippen LogP contribution in [-0.4, -0.2) is 28.1 Å². The molecule has 1 rings (SSSR count). The molecule has 1 aromatic rings. The Morgan fingerprint density at radius 2 is 1.88 bits per heavy atom. The van der Waals surface area contributed by atoms with Crippen molar-refractivity contribution < 1.29 is 9.90 Å². The summed E-state index contributed by atoms with van der Waals surface area (Å²) in [6.45, 7) is 7.11. The molecule has 3 heteroatoms. The van der Waals surface area contributed by atoms with Gasteiger partial charge in [-0.15, -0.1) is 0 Å². The Bertz CT molecular complexity index is 364. The van der Waals surface area contributed by atoms with E-state index >= 15 is 0 Å². The van der Waals surface area contributed by atoms with Crippen molar-refractivity contribution in [2.75, 3.05) is 6.54 Å². The summed E-state index contributed by atoms with van der Waals surface area (Å²) in [6.07, 6.45) is 0.600. The summed E-state index contributed by atoms with van der Waals surface area (Å²) in [6, 6.07) is 9.98. The van der Waals surface area contributed by atoms with Crippen molar-refractivity contribution >= 4 is 5.97 Å². The van der Waals surface area contributed by atoms with E-state index in [0.29, 0.717) is 13.0 Å². The zero-order valence-corrected chi connectivity index (χ0v) is 10.8. The van der Waals surface area contributed by atoms with Crippen LogP contribution < -0.4 is 0 Å². The van der Waals surface area contributed by atoms with Crippen molar-refractivity contribution in [1.82, 2.24) is 4.90 Å². The minimum Gasteiger partial charge on any atom is -0.480 e. The van der Waals surface area contributed by atoms with Crippen LogP contribution in [0.1, 0.15) is 32.8 Å². The SMILES string of the molecule is CCN(Cc1ccccc1)C(C)(CC)C(=O)O. The highest BCUT2D eigenvalue weighted by Crippen LogP contribution is 2.22. The summed E-state index contributed by atoms with van der Waals surface area (Å²) in [4.78, 5) is 13.4. The lowest BCUT2D eigenvalue weighted by atomic mass is 9.95. The summed E-state index contributed by atoms with van der Waals surface area (Å²) < 4.78 is 0. The molecule has 0 aliphatic heterocycles. The molecule has 0 amide bonds. The molecule has 0 fully saturated rings. The molecule has 0 radical (unpaired) electrons. The maximum Gasteiger partial charge on any atom is 0.323 e. The number of aliphatic carboxylic acids is 1. The highest BCUT2D eigenvalue weighted by Gasteiger charge is 2.36.